The van der Waals surface area contributed by atoms with Crippen molar-refractivity contribution in [3.63, 3.8) is 0 Å². The van der Waals surface area contributed by atoms with Crippen molar-refractivity contribution in [1.82, 2.24) is 13.7 Å². The molecule has 3 heterocycles. The topological polar surface area (TPSA) is 14.8 Å². The lowest BCUT2D eigenvalue weighted by Crippen LogP contribution is -1.96. The molecule has 49 heavy (non-hydrogen) atoms. The van der Waals surface area contributed by atoms with Gasteiger partial charge in [0, 0.05) is 49.1 Å². The first-order valence-corrected chi connectivity index (χ1v) is 16.9. The van der Waals surface area contributed by atoms with Crippen LogP contribution in [0.1, 0.15) is 0 Å². The highest BCUT2D eigenvalue weighted by atomic mass is 15.0. The lowest BCUT2D eigenvalue weighted by Gasteiger charge is -2.12. The summed E-state index contributed by atoms with van der Waals surface area (Å²) in [5.74, 6) is 0. The van der Waals surface area contributed by atoms with E-state index in [1.54, 1.807) is 0 Å². The fraction of sp³-hybridized carbons (Fsp3) is 0. The van der Waals surface area contributed by atoms with Crippen LogP contribution in [0.25, 0.3) is 93.3 Å². The molecule has 8 aromatic carbocycles. The summed E-state index contributed by atoms with van der Waals surface area (Å²) in [4.78, 5) is 0. The molecule has 0 unspecified atom stereocenters. The van der Waals surface area contributed by atoms with Crippen molar-refractivity contribution in [3.8, 4) is 17.1 Å². The Bertz CT molecular complexity index is 3090. The van der Waals surface area contributed by atoms with Gasteiger partial charge in [0.15, 0.2) is 0 Å². The van der Waals surface area contributed by atoms with Gasteiger partial charge in [0.05, 0.1) is 38.8 Å². The summed E-state index contributed by atoms with van der Waals surface area (Å²) in [6.07, 6.45) is 0. The fourth-order valence-corrected chi connectivity index (χ4v) is 8.41. The zero-order valence-corrected chi connectivity index (χ0v) is 26.6. The number of para-hydroxylation sites is 4. The van der Waals surface area contributed by atoms with Gasteiger partial charge in [-0.3, -0.25) is 0 Å². The van der Waals surface area contributed by atoms with Crippen molar-refractivity contribution in [1.29, 1.82) is 0 Å². The predicted octanol–water partition coefficient (Wildman–Crippen LogP) is 12.1. The van der Waals surface area contributed by atoms with Gasteiger partial charge in [-0.05, 0) is 72.1 Å². The number of hydrogen-bond acceptors (Lipinski definition) is 0. The van der Waals surface area contributed by atoms with E-state index in [-0.39, 0.29) is 0 Å². The average molecular weight is 624 g/mol. The standard InChI is InChI=1S/C46H29N3/c1-2-15-31(16-3-1)47-39-21-9-6-18-34(39)37-29-32(25-26-42(37)47)48-40-22-10-7-19-35(40)45-43(48)27-28-44-46(45)36-20-8-11-23-41(36)49(44)38-24-12-14-30-13-4-5-17-33(30)38/h1-29H. The number of aromatic nitrogens is 3. The monoisotopic (exact) mass is 623 g/mol. The first-order chi connectivity index (χ1) is 24.3. The maximum absolute atomic E-state index is 2.46. The highest BCUT2D eigenvalue weighted by Crippen LogP contribution is 2.43. The molecule has 0 aliphatic rings. The van der Waals surface area contributed by atoms with Gasteiger partial charge < -0.3 is 13.7 Å². The lowest BCUT2D eigenvalue weighted by molar-refractivity contribution is 1.16. The number of fused-ring (bicyclic) bond motifs is 11. The van der Waals surface area contributed by atoms with Crippen LogP contribution in [-0.2, 0) is 0 Å². The van der Waals surface area contributed by atoms with Crippen LogP contribution in [0.2, 0.25) is 0 Å². The molecule has 3 nitrogen and oxygen atoms in total. The van der Waals surface area contributed by atoms with Gasteiger partial charge in [0.25, 0.3) is 0 Å². The maximum atomic E-state index is 2.46. The highest BCUT2D eigenvalue weighted by Gasteiger charge is 2.22. The van der Waals surface area contributed by atoms with Crippen molar-refractivity contribution in [2.45, 2.75) is 0 Å². The van der Waals surface area contributed by atoms with Crippen LogP contribution >= 0.6 is 0 Å². The summed E-state index contributed by atoms with van der Waals surface area (Å²) in [6.45, 7) is 0. The Morgan fingerprint density at radius 1 is 0.265 bits per heavy atom. The summed E-state index contributed by atoms with van der Waals surface area (Å²) >= 11 is 0. The minimum Gasteiger partial charge on any atom is -0.309 e. The molecule has 0 saturated carbocycles. The Balaban J connectivity index is 1.25. The van der Waals surface area contributed by atoms with Gasteiger partial charge in [0.2, 0.25) is 0 Å². The summed E-state index contributed by atoms with van der Waals surface area (Å²) < 4.78 is 7.30. The van der Waals surface area contributed by atoms with E-state index < -0.39 is 0 Å². The molecular formula is C46H29N3. The molecule has 0 saturated heterocycles. The molecule has 0 spiro atoms. The Kier molecular flexibility index (Phi) is 5.38. The van der Waals surface area contributed by atoms with Gasteiger partial charge >= 0.3 is 0 Å². The molecule has 11 rings (SSSR count). The van der Waals surface area contributed by atoms with Gasteiger partial charge in [0.1, 0.15) is 0 Å². The molecule has 0 aliphatic carbocycles. The average Bonchev–Trinajstić information content (AvgIpc) is 3.80. The van der Waals surface area contributed by atoms with Crippen LogP contribution < -0.4 is 0 Å². The first kappa shape index (κ1) is 26.5. The summed E-state index contributed by atoms with van der Waals surface area (Å²) in [7, 11) is 0. The van der Waals surface area contributed by atoms with Gasteiger partial charge in [-0.2, -0.15) is 0 Å². The third kappa shape index (κ3) is 3.62. The number of rotatable bonds is 3. The Morgan fingerprint density at radius 2 is 0.755 bits per heavy atom. The smallest absolute Gasteiger partial charge is 0.0549 e. The molecule has 0 aliphatic heterocycles. The second-order valence-corrected chi connectivity index (χ2v) is 12.9. The van der Waals surface area contributed by atoms with Crippen molar-refractivity contribution in [3.05, 3.63) is 176 Å². The molecular weight excluding hydrogens is 595 g/mol. The zero-order chi connectivity index (χ0) is 32.1. The summed E-state index contributed by atoms with van der Waals surface area (Å²) in [5.41, 5.74) is 10.8. The molecule has 0 atom stereocenters. The fourth-order valence-electron chi connectivity index (χ4n) is 8.41. The second kappa shape index (κ2) is 9.96. The van der Waals surface area contributed by atoms with Crippen LogP contribution in [0.15, 0.2) is 176 Å². The van der Waals surface area contributed by atoms with E-state index >= 15 is 0 Å². The van der Waals surface area contributed by atoms with Crippen LogP contribution in [-0.4, -0.2) is 13.7 Å². The number of nitrogens with zero attached hydrogens (tertiary/aromatic N) is 3. The van der Waals surface area contributed by atoms with Crippen LogP contribution in [0.5, 0.6) is 0 Å². The second-order valence-electron chi connectivity index (χ2n) is 12.9. The lowest BCUT2D eigenvalue weighted by atomic mass is 10.1. The van der Waals surface area contributed by atoms with Crippen LogP contribution in [0.4, 0.5) is 0 Å². The molecule has 3 heteroatoms. The van der Waals surface area contributed by atoms with Crippen molar-refractivity contribution < 1.29 is 0 Å². The van der Waals surface area contributed by atoms with E-state index in [1.165, 1.54) is 87.6 Å². The molecule has 228 valence electrons. The molecule has 0 fully saturated rings. The van der Waals surface area contributed by atoms with Gasteiger partial charge in [-0.25, -0.2) is 0 Å². The maximum Gasteiger partial charge on any atom is 0.0549 e. The van der Waals surface area contributed by atoms with Gasteiger partial charge in [-0.1, -0.05) is 109 Å². The third-order valence-electron chi connectivity index (χ3n) is 10.4. The van der Waals surface area contributed by atoms with E-state index in [1.807, 2.05) is 0 Å². The van der Waals surface area contributed by atoms with Crippen LogP contribution in [0, 0.1) is 0 Å². The summed E-state index contributed by atoms with van der Waals surface area (Å²) in [6, 6.07) is 64.1. The minimum absolute atomic E-state index is 1.16. The van der Waals surface area contributed by atoms with E-state index in [0.29, 0.717) is 0 Å². The molecule has 0 radical (unpaired) electrons. The van der Waals surface area contributed by atoms with E-state index in [9.17, 15) is 0 Å². The van der Waals surface area contributed by atoms with E-state index in [4.69, 9.17) is 0 Å². The normalized spacial score (nSPS) is 12.1. The van der Waals surface area contributed by atoms with E-state index in [0.717, 1.165) is 5.69 Å². The Labute approximate surface area is 282 Å². The molecule has 0 N–H and O–H groups in total. The minimum atomic E-state index is 1.16. The zero-order valence-electron chi connectivity index (χ0n) is 26.6. The number of benzene rings is 8. The third-order valence-corrected chi connectivity index (χ3v) is 10.4. The Hall–Kier alpha value is -6.58. The SMILES string of the molecule is c1ccc(-n2c3ccccc3c3cc(-n4c5ccccc5c5c6c7ccccc7n(-c7cccc8ccccc78)c6ccc54)ccc32)cc1. The quantitative estimate of drug-likeness (QED) is 0.186. The van der Waals surface area contributed by atoms with Crippen molar-refractivity contribution in [2.75, 3.05) is 0 Å². The van der Waals surface area contributed by atoms with Crippen molar-refractivity contribution in [2.24, 2.45) is 0 Å². The largest absolute Gasteiger partial charge is 0.309 e. The number of hydrogen-bond donors (Lipinski definition) is 0. The van der Waals surface area contributed by atoms with Crippen molar-refractivity contribution >= 4 is 76.2 Å². The molecule has 3 aromatic heterocycles. The molecule has 11 aromatic rings. The summed E-state index contributed by atoms with van der Waals surface area (Å²) in [5, 5.41) is 10.1. The van der Waals surface area contributed by atoms with E-state index in [2.05, 4.69) is 190 Å². The molecule has 0 bridgehead atoms. The highest BCUT2D eigenvalue weighted by molar-refractivity contribution is 6.29. The van der Waals surface area contributed by atoms with Gasteiger partial charge in [-0.15, -0.1) is 0 Å². The molecule has 0 amide bonds. The first-order valence-electron chi connectivity index (χ1n) is 16.9. The predicted molar refractivity (Wildman–Crippen MR) is 207 cm³/mol. The van der Waals surface area contributed by atoms with Crippen LogP contribution in [0.3, 0.4) is 0 Å². The Morgan fingerprint density at radius 3 is 1.49 bits per heavy atom.